The van der Waals surface area contributed by atoms with E-state index in [1.165, 1.54) is 12.1 Å². The Bertz CT molecular complexity index is 781. The number of rotatable bonds is 4. The lowest BCUT2D eigenvalue weighted by molar-refractivity contribution is -0.131. The van der Waals surface area contributed by atoms with E-state index in [-0.39, 0.29) is 17.6 Å². The second kappa shape index (κ2) is 7.91. The summed E-state index contributed by atoms with van der Waals surface area (Å²) in [5.74, 6) is 0.771. The normalized spacial score (nSPS) is 14.2. The van der Waals surface area contributed by atoms with Crippen LogP contribution in [0.5, 0.6) is 11.5 Å². The lowest BCUT2D eigenvalue weighted by atomic mass is 10.1. The summed E-state index contributed by atoms with van der Waals surface area (Å²) < 4.78 is 5.12. The van der Waals surface area contributed by atoms with Gasteiger partial charge in [-0.25, -0.2) is 0 Å². The molecule has 26 heavy (non-hydrogen) atoms. The number of benzene rings is 2. The van der Waals surface area contributed by atoms with Gasteiger partial charge in [-0.1, -0.05) is 18.2 Å². The Labute approximate surface area is 152 Å². The Morgan fingerprint density at radius 3 is 2.27 bits per heavy atom. The van der Waals surface area contributed by atoms with Crippen LogP contribution in [-0.2, 0) is 11.2 Å². The average molecular weight is 354 g/mol. The van der Waals surface area contributed by atoms with Crippen molar-refractivity contribution in [1.82, 2.24) is 9.80 Å². The molecule has 0 unspecified atom stereocenters. The molecular weight excluding hydrogens is 332 g/mol. The molecule has 0 spiro atoms. The standard InChI is InChI=1S/C20H22N2O4/c1-26-18-7-5-15(6-8-18)13-19(24)21-9-11-22(12-10-21)20(25)16-3-2-4-17(23)14-16/h2-8,14,23H,9-13H2,1H3. The van der Waals surface area contributed by atoms with Crippen molar-refractivity contribution in [3.8, 4) is 11.5 Å². The van der Waals surface area contributed by atoms with Crippen LogP contribution in [0.1, 0.15) is 15.9 Å². The van der Waals surface area contributed by atoms with Crippen LogP contribution in [0.15, 0.2) is 48.5 Å². The summed E-state index contributed by atoms with van der Waals surface area (Å²) in [6.07, 6.45) is 0.338. The maximum Gasteiger partial charge on any atom is 0.254 e. The van der Waals surface area contributed by atoms with E-state index in [1.807, 2.05) is 24.3 Å². The lowest BCUT2D eigenvalue weighted by Crippen LogP contribution is -2.51. The van der Waals surface area contributed by atoms with Gasteiger partial charge in [0.1, 0.15) is 11.5 Å². The monoisotopic (exact) mass is 354 g/mol. The second-order valence-electron chi connectivity index (χ2n) is 6.25. The average Bonchev–Trinajstić information content (AvgIpc) is 2.68. The fraction of sp³-hybridized carbons (Fsp3) is 0.300. The molecule has 6 nitrogen and oxygen atoms in total. The van der Waals surface area contributed by atoms with E-state index in [2.05, 4.69) is 0 Å². The van der Waals surface area contributed by atoms with Crippen molar-refractivity contribution < 1.29 is 19.4 Å². The fourth-order valence-electron chi connectivity index (χ4n) is 3.01. The van der Waals surface area contributed by atoms with Gasteiger partial charge in [0.2, 0.25) is 5.91 Å². The first-order valence-electron chi connectivity index (χ1n) is 8.56. The first-order chi connectivity index (χ1) is 12.6. The summed E-state index contributed by atoms with van der Waals surface area (Å²) in [4.78, 5) is 28.5. The molecule has 136 valence electrons. The summed E-state index contributed by atoms with van der Waals surface area (Å²) in [5, 5.41) is 9.52. The molecule has 1 saturated heterocycles. The van der Waals surface area contributed by atoms with E-state index in [0.717, 1.165) is 11.3 Å². The van der Waals surface area contributed by atoms with Gasteiger partial charge in [0.15, 0.2) is 0 Å². The molecule has 1 heterocycles. The van der Waals surface area contributed by atoms with Crippen LogP contribution in [0.3, 0.4) is 0 Å². The van der Waals surface area contributed by atoms with Gasteiger partial charge in [-0.3, -0.25) is 9.59 Å². The van der Waals surface area contributed by atoms with Crippen LogP contribution in [0.2, 0.25) is 0 Å². The molecule has 0 aliphatic carbocycles. The maximum absolute atomic E-state index is 12.5. The lowest BCUT2D eigenvalue weighted by Gasteiger charge is -2.35. The van der Waals surface area contributed by atoms with Crippen molar-refractivity contribution in [3.05, 3.63) is 59.7 Å². The molecule has 6 heteroatoms. The van der Waals surface area contributed by atoms with Crippen molar-refractivity contribution in [2.45, 2.75) is 6.42 Å². The van der Waals surface area contributed by atoms with Gasteiger partial charge in [-0.2, -0.15) is 0 Å². The number of hydrogen-bond donors (Lipinski definition) is 1. The van der Waals surface area contributed by atoms with E-state index < -0.39 is 0 Å². The van der Waals surface area contributed by atoms with Gasteiger partial charge in [-0.15, -0.1) is 0 Å². The second-order valence-corrected chi connectivity index (χ2v) is 6.25. The van der Waals surface area contributed by atoms with E-state index >= 15 is 0 Å². The van der Waals surface area contributed by atoms with Crippen LogP contribution >= 0.6 is 0 Å². The first kappa shape index (κ1) is 17.8. The van der Waals surface area contributed by atoms with Crippen molar-refractivity contribution in [2.24, 2.45) is 0 Å². The summed E-state index contributed by atoms with van der Waals surface area (Å²) in [6.45, 7) is 2.00. The predicted octanol–water partition coefficient (Wildman–Crippen LogP) is 1.93. The Hall–Kier alpha value is -3.02. The number of ether oxygens (including phenoxy) is 1. The summed E-state index contributed by atoms with van der Waals surface area (Å²) >= 11 is 0. The van der Waals surface area contributed by atoms with Gasteiger partial charge in [0.25, 0.3) is 5.91 Å². The van der Waals surface area contributed by atoms with Gasteiger partial charge < -0.3 is 19.6 Å². The molecule has 0 radical (unpaired) electrons. The Balaban J connectivity index is 1.54. The highest BCUT2D eigenvalue weighted by Crippen LogP contribution is 2.16. The highest BCUT2D eigenvalue weighted by molar-refractivity contribution is 5.94. The zero-order valence-corrected chi connectivity index (χ0v) is 14.7. The third-order valence-corrected chi connectivity index (χ3v) is 4.53. The van der Waals surface area contributed by atoms with Crippen LogP contribution in [0.4, 0.5) is 0 Å². The molecule has 2 amide bonds. The Kier molecular flexibility index (Phi) is 5.41. The number of carbonyl (C=O) groups is 2. The highest BCUT2D eigenvalue weighted by atomic mass is 16.5. The minimum atomic E-state index is -0.122. The zero-order chi connectivity index (χ0) is 18.5. The van der Waals surface area contributed by atoms with Crippen molar-refractivity contribution >= 4 is 11.8 Å². The number of methoxy groups -OCH3 is 1. The first-order valence-corrected chi connectivity index (χ1v) is 8.56. The van der Waals surface area contributed by atoms with Gasteiger partial charge in [0, 0.05) is 31.7 Å². The molecule has 0 aromatic heterocycles. The molecule has 0 saturated carbocycles. The molecule has 0 bridgehead atoms. The molecule has 0 atom stereocenters. The van der Waals surface area contributed by atoms with Crippen molar-refractivity contribution in [1.29, 1.82) is 0 Å². The molecule has 1 aliphatic rings. The van der Waals surface area contributed by atoms with Crippen molar-refractivity contribution in [3.63, 3.8) is 0 Å². The number of carbonyl (C=O) groups excluding carboxylic acids is 2. The zero-order valence-electron chi connectivity index (χ0n) is 14.7. The predicted molar refractivity (Wildman–Crippen MR) is 97.3 cm³/mol. The number of aromatic hydroxyl groups is 1. The Morgan fingerprint density at radius 1 is 1.00 bits per heavy atom. The number of hydrogen-bond acceptors (Lipinski definition) is 4. The summed E-state index contributed by atoms with van der Waals surface area (Å²) in [7, 11) is 1.61. The summed E-state index contributed by atoms with van der Waals surface area (Å²) in [5.41, 5.74) is 1.40. The van der Waals surface area contributed by atoms with E-state index in [9.17, 15) is 14.7 Å². The highest BCUT2D eigenvalue weighted by Gasteiger charge is 2.25. The Morgan fingerprint density at radius 2 is 1.65 bits per heavy atom. The minimum absolute atomic E-state index is 0.0552. The quantitative estimate of drug-likeness (QED) is 0.911. The van der Waals surface area contributed by atoms with Crippen LogP contribution in [-0.4, -0.2) is 60.0 Å². The van der Waals surface area contributed by atoms with Crippen LogP contribution in [0, 0.1) is 0 Å². The van der Waals surface area contributed by atoms with Crippen LogP contribution < -0.4 is 4.74 Å². The van der Waals surface area contributed by atoms with Crippen LogP contribution in [0.25, 0.3) is 0 Å². The number of amides is 2. The minimum Gasteiger partial charge on any atom is -0.508 e. The van der Waals surface area contributed by atoms with Crippen molar-refractivity contribution in [2.75, 3.05) is 33.3 Å². The largest absolute Gasteiger partial charge is 0.508 e. The summed E-state index contributed by atoms with van der Waals surface area (Å²) in [6, 6.07) is 13.8. The molecular formula is C20H22N2O4. The topological polar surface area (TPSA) is 70.1 Å². The van der Waals surface area contributed by atoms with E-state index in [4.69, 9.17) is 4.74 Å². The SMILES string of the molecule is COc1ccc(CC(=O)N2CCN(C(=O)c3cccc(O)c3)CC2)cc1. The number of nitrogens with zero attached hydrogens (tertiary/aromatic N) is 2. The molecule has 1 aliphatic heterocycles. The molecule has 2 aromatic rings. The number of phenolic OH excluding ortho intramolecular Hbond substituents is 1. The molecule has 3 rings (SSSR count). The van der Waals surface area contributed by atoms with Gasteiger partial charge >= 0.3 is 0 Å². The van der Waals surface area contributed by atoms with Gasteiger partial charge in [-0.05, 0) is 35.9 Å². The van der Waals surface area contributed by atoms with E-state index in [1.54, 1.807) is 29.0 Å². The number of piperazine rings is 1. The van der Waals surface area contributed by atoms with E-state index in [0.29, 0.717) is 38.2 Å². The maximum atomic E-state index is 12.5. The number of phenols is 1. The third kappa shape index (κ3) is 4.14. The molecule has 1 N–H and O–H groups in total. The molecule has 2 aromatic carbocycles. The fourth-order valence-corrected chi connectivity index (χ4v) is 3.01. The third-order valence-electron chi connectivity index (χ3n) is 4.53. The van der Waals surface area contributed by atoms with Gasteiger partial charge in [0.05, 0.1) is 13.5 Å². The molecule has 1 fully saturated rings. The smallest absolute Gasteiger partial charge is 0.254 e.